The van der Waals surface area contributed by atoms with E-state index >= 15 is 0 Å². The quantitative estimate of drug-likeness (QED) is 0.660. The van der Waals surface area contributed by atoms with Crippen LogP contribution in [-0.4, -0.2) is 39.6 Å². The van der Waals surface area contributed by atoms with Crippen LogP contribution in [-0.2, 0) is 16.0 Å². The van der Waals surface area contributed by atoms with Gasteiger partial charge in [-0.15, -0.1) is 0 Å². The molecular formula is C15H25NO3. The van der Waals surface area contributed by atoms with Crippen molar-refractivity contribution in [3.05, 3.63) is 29.8 Å². The van der Waals surface area contributed by atoms with Crippen LogP contribution in [0.5, 0.6) is 5.75 Å². The van der Waals surface area contributed by atoms with E-state index < -0.39 is 0 Å². The molecule has 19 heavy (non-hydrogen) atoms. The van der Waals surface area contributed by atoms with Crippen LogP contribution < -0.4 is 10.1 Å². The van der Waals surface area contributed by atoms with Crippen LogP contribution in [0.2, 0.25) is 0 Å². The first kappa shape index (κ1) is 16.0. The van der Waals surface area contributed by atoms with Crippen molar-refractivity contribution in [2.75, 3.05) is 33.5 Å². The van der Waals surface area contributed by atoms with Gasteiger partial charge in [0.15, 0.2) is 0 Å². The van der Waals surface area contributed by atoms with Gasteiger partial charge in [0.25, 0.3) is 0 Å². The van der Waals surface area contributed by atoms with Gasteiger partial charge in [0.1, 0.15) is 12.4 Å². The van der Waals surface area contributed by atoms with Crippen molar-refractivity contribution in [1.29, 1.82) is 0 Å². The highest BCUT2D eigenvalue weighted by Gasteiger charge is 2.02. The van der Waals surface area contributed by atoms with E-state index in [1.54, 1.807) is 0 Å². The van der Waals surface area contributed by atoms with Crippen molar-refractivity contribution in [3.8, 4) is 5.75 Å². The largest absolute Gasteiger partial charge is 0.491 e. The predicted molar refractivity (Wildman–Crippen MR) is 76.6 cm³/mol. The fraction of sp³-hybridized carbons (Fsp3) is 0.600. The summed E-state index contributed by atoms with van der Waals surface area (Å²) >= 11 is 0. The van der Waals surface area contributed by atoms with Crippen LogP contribution in [0.25, 0.3) is 0 Å². The molecule has 1 aromatic carbocycles. The van der Waals surface area contributed by atoms with Crippen molar-refractivity contribution in [1.82, 2.24) is 5.32 Å². The van der Waals surface area contributed by atoms with Gasteiger partial charge in [-0.25, -0.2) is 0 Å². The second kappa shape index (κ2) is 9.78. The van der Waals surface area contributed by atoms with E-state index in [0.717, 1.165) is 18.9 Å². The van der Waals surface area contributed by atoms with Gasteiger partial charge in [-0.05, 0) is 38.6 Å². The molecule has 1 aromatic rings. The van der Waals surface area contributed by atoms with E-state index in [9.17, 15) is 0 Å². The lowest BCUT2D eigenvalue weighted by Crippen LogP contribution is -2.19. The third-order valence-corrected chi connectivity index (χ3v) is 2.59. The van der Waals surface area contributed by atoms with E-state index in [1.165, 1.54) is 5.56 Å². The molecule has 0 radical (unpaired) electrons. The van der Waals surface area contributed by atoms with Gasteiger partial charge in [-0.2, -0.15) is 0 Å². The molecule has 0 aliphatic carbocycles. The normalized spacial score (nSPS) is 12.4. The minimum absolute atomic E-state index is 0.110. The Morgan fingerprint density at radius 3 is 2.84 bits per heavy atom. The molecule has 0 aliphatic heterocycles. The van der Waals surface area contributed by atoms with Crippen LogP contribution in [0.15, 0.2) is 24.3 Å². The standard InChI is InChI=1S/C15H25NO3/c1-4-17-12-13(2)18-8-9-19-15-7-5-6-14(10-15)11-16-3/h5-7,10,13,16H,4,8-9,11-12H2,1-3H3. The summed E-state index contributed by atoms with van der Waals surface area (Å²) in [6.07, 6.45) is 0.110. The Balaban J connectivity index is 2.20. The van der Waals surface area contributed by atoms with Crippen molar-refractivity contribution in [3.63, 3.8) is 0 Å². The topological polar surface area (TPSA) is 39.7 Å². The average molecular weight is 267 g/mol. The first-order chi connectivity index (χ1) is 9.26. The third kappa shape index (κ3) is 7.15. The number of hydrogen-bond donors (Lipinski definition) is 1. The SMILES string of the molecule is CCOCC(C)OCCOc1cccc(CNC)c1. The lowest BCUT2D eigenvalue weighted by molar-refractivity contribution is -0.0128. The van der Waals surface area contributed by atoms with Crippen molar-refractivity contribution < 1.29 is 14.2 Å². The molecule has 0 saturated heterocycles. The Morgan fingerprint density at radius 2 is 2.11 bits per heavy atom. The minimum Gasteiger partial charge on any atom is -0.491 e. The molecule has 1 atom stereocenters. The van der Waals surface area contributed by atoms with E-state index in [1.807, 2.05) is 39.1 Å². The van der Waals surface area contributed by atoms with Gasteiger partial charge in [-0.3, -0.25) is 0 Å². The van der Waals surface area contributed by atoms with Gasteiger partial charge in [0, 0.05) is 13.2 Å². The molecule has 0 aliphatic rings. The fourth-order valence-electron chi connectivity index (χ4n) is 1.69. The van der Waals surface area contributed by atoms with E-state index in [-0.39, 0.29) is 6.10 Å². The smallest absolute Gasteiger partial charge is 0.119 e. The molecule has 0 spiro atoms. The van der Waals surface area contributed by atoms with Crippen LogP contribution in [0, 0.1) is 0 Å². The van der Waals surface area contributed by atoms with Gasteiger partial charge >= 0.3 is 0 Å². The second-order valence-electron chi connectivity index (χ2n) is 4.37. The summed E-state index contributed by atoms with van der Waals surface area (Å²) in [5.74, 6) is 0.883. The molecule has 1 unspecified atom stereocenters. The highest BCUT2D eigenvalue weighted by atomic mass is 16.5. The second-order valence-corrected chi connectivity index (χ2v) is 4.37. The van der Waals surface area contributed by atoms with Crippen molar-refractivity contribution in [2.24, 2.45) is 0 Å². The number of nitrogens with one attached hydrogen (secondary N) is 1. The summed E-state index contributed by atoms with van der Waals surface area (Å²) in [7, 11) is 1.93. The van der Waals surface area contributed by atoms with Gasteiger partial charge in [-0.1, -0.05) is 12.1 Å². The summed E-state index contributed by atoms with van der Waals surface area (Å²) in [6, 6.07) is 8.08. The first-order valence-electron chi connectivity index (χ1n) is 6.82. The van der Waals surface area contributed by atoms with Gasteiger partial charge < -0.3 is 19.5 Å². The molecule has 1 rings (SSSR count). The summed E-state index contributed by atoms with van der Waals surface area (Å²) in [4.78, 5) is 0. The zero-order chi connectivity index (χ0) is 13.9. The molecule has 1 N–H and O–H groups in total. The Kier molecular flexibility index (Phi) is 8.21. The number of ether oxygens (including phenoxy) is 3. The Morgan fingerprint density at radius 1 is 1.26 bits per heavy atom. The lowest BCUT2D eigenvalue weighted by atomic mass is 10.2. The summed E-state index contributed by atoms with van der Waals surface area (Å²) in [6.45, 7) is 7.32. The number of hydrogen-bond acceptors (Lipinski definition) is 4. The lowest BCUT2D eigenvalue weighted by Gasteiger charge is -2.13. The monoisotopic (exact) mass is 267 g/mol. The summed E-state index contributed by atoms with van der Waals surface area (Å²) in [5, 5.41) is 3.12. The highest BCUT2D eigenvalue weighted by Crippen LogP contribution is 2.13. The molecule has 4 heteroatoms. The highest BCUT2D eigenvalue weighted by molar-refractivity contribution is 5.28. The Labute approximate surface area is 116 Å². The summed E-state index contributed by atoms with van der Waals surface area (Å²) in [5.41, 5.74) is 1.21. The minimum atomic E-state index is 0.110. The van der Waals surface area contributed by atoms with Gasteiger partial charge in [0.2, 0.25) is 0 Å². The number of benzene rings is 1. The predicted octanol–water partition coefficient (Wildman–Crippen LogP) is 2.23. The number of rotatable bonds is 10. The van der Waals surface area contributed by atoms with E-state index in [4.69, 9.17) is 14.2 Å². The van der Waals surface area contributed by atoms with Gasteiger partial charge in [0.05, 0.1) is 19.3 Å². The molecule has 4 nitrogen and oxygen atoms in total. The molecule has 0 aromatic heterocycles. The maximum atomic E-state index is 5.65. The summed E-state index contributed by atoms with van der Waals surface area (Å²) < 4.78 is 16.5. The maximum absolute atomic E-state index is 5.65. The Bertz CT molecular complexity index is 344. The fourth-order valence-corrected chi connectivity index (χ4v) is 1.69. The van der Waals surface area contributed by atoms with E-state index in [2.05, 4.69) is 11.4 Å². The third-order valence-electron chi connectivity index (χ3n) is 2.59. The zero-order valence-corrected chi connectivity index (χ0v) is 12.1. The average Bonchev–Trinajstić information content (AvgIpc) is 2.42. The van der Waals surface area contributed by atoms with Crippen LogP contribution >= 0.6 is 0 Å². The van der Waals surface area contributed by atoms with E-state index in [0.29, 0.717) is 19.8 Å². The molecule has 0 saturated carbocycles. The first-order valence-corrected chi connectivity index (χ1v) is 6.82. The van der Waals surface area contributed by atoms with Crippen molar-refractivity contribution in [2.45, 2.75) is 26.5 Å². The van der Waals surface area contributed by atoms with Crippen LogP contribution in [0.3, 0.4) is 0 Å². The molecule has 108 valence electrons. The molecule has 0 fully saturated rings. The molecule has 0 bridgehead atoms. The maximum Gasteiger partial charge on any atom is 0.119 e. The zero-order valence-electron chi connectivity index (χ0n) is 12.1. The van der Waals surface area contributed by atoms with Crippen LogP contribution in [0.4, 0.5) is 0 Å². The molecular weight excluding hydrogens is 242 g/mol. The Hall–Kier alpha value is -1.10. The van der Waals surface area contributed by atoms with Crippen LogP contribution in [0.1, 0.15) is 19.4 Å². The molecule has 0 amide bonds. The molecule has 0 heterocycles. The van der Waals surface area contributed by atoms with Crippen molar-refractivity contribution >= 4 is 0 Å².